The average molecular weight is 294 g/mol. The first kappa shape index (κ1) is 14.8. The van der Waals surface area contributed by atoms with Gasteiger partial charge in [0.15, 0.2) is 0 Å². The van der Waals surface area contributed by atoms with Crippen LogP contribution in [-0.4, -0.2) is 23.9 Å². The molecular weight excluding hydrogens is 272 g/mol. The average Bonchev–Trinajstić information content (AvgIpc) is 3.03. The van der Waals surface area contributed by atoms with Gasteiger partial charge in [-0.15, -0.1) is 0 Å². The van der Waals surface area contributed by atoms with Crippen LogP contribution in [0.1, 0.15) is 17.5 Å². The van der Waals surface area contributed by atoms with Crippen LogP contribution in [-0.2, 0) is 17.9 Å². The summed E-state index contributed by atoms with van der Waals surface area (Å²) in [7, 11) is 0. The first-order valence-corrected chi connectivity index (χ1v) is 7.89. The molecule has 0 spiro atoms. The van der Waals surface area contributed by atoms with Crippen molar-refractivity contribution in [2.45, 2.75) is 19.5 Å². The van der Waals surface area contributed by atoms with Crippen LogP contribution in [0, 0.1) is 5.92 Å². The van der Waals surface area contributed by atoms with Crippen LogP contribution in [0.15, 0.2) is 60.7 Å². The van der Waals surface area contributed by atoms with E-state index in [2.05, 4.69) is 34.5 Å². The van der Waals surface area contributed by atoms with Crippen LogP contribution in [0.2, 0.25) is 0 Å². The molecule has 1 aliphatic heterocycles. The lowest BCUT2D eigenvalue weighted by Gasteiger charge is -2.16. The molecule has 1 fully saturated rings. The predicted molar refractivity (Wildman–Crippen MR) is 88.1 cm³/mol. The van der Waals surface area contributed by atoms with Crippen molar-refractivity contribution < 1.29 is 4.79 Å². The molecule has 0 radical (unpaired) electrons. The van der Waals surface area contributed by atoms with Crippen molar-refractivity contribution in [2.75, 3.05) is 13.1 Å². The minimum atomic E-state index is 0.118. The van der Waals surface area contributed by atoms with Crippen molar-refractivity contribution in [3.05, 3.63) is 71.8 Å². The van der Waals surface area contributed by atoms with Crippen LogP contribution < -0.4 is 5.32 Å². The Labute approximate surface area is 132 Å². The lowest BCUT2D eigenvalue weighted by Crippen LogP contribution is -2.32. The molecule has 2 aromatic rings. The maximum Gasteiger partial charge on any atom is 0.224 e. The van der Waals surface area contributed by atoms with Crippen LogP contribution >= 0.6 is 0 Å². The number of likely N-dealkylation sites (tertiary alicyclic amines) is 1. The number of hydrogen-bond donors (Lipinski definition) is 1. The molecule has 1 unspecified atom stereocenters. The summed E-state index contributed by atoms with van der Waals surface area (Å²) in [5.41, 5.74) is 2.46. The van der Waals surface area contributed by atoms with Crippen LogP contribution in [0.5, 0.6) is 0 Å². The summed E-state index contributed by atoms with van der Waals surface area (Å²) >= 11 is 0. The molecule has 1 saturated heterocycles. The fraction of sp³-hybridized carbons (Fsp3) is 0.316. The van der Waals surface area contributed by atoms with Crippen LogP contribution in [0.25, 0.3) is 0 Å². The van der Waals surface area contributed by atoms with Gasteiger partial charge < -0.3 is 5.32 Å². The zero-order valence-corrected chi connectivity index (χ0v) is 12.7. The summed E-state index contributed by atoms with van der Waals surface area (Å²) in [5, 5.41) is 3.06. The maximum absolute atomic E-state index is 12.3. The molecule has 3 nitrogen and oxygen atoms in total. The Morgan fingerprint density at radius 2 is 1.64 bits per heavy atom. The van der Waals surface area contributed by atoms with Gasteiger partial charge in [-0.2, -0.15) is 0 Å². The number of carbonyl (C=O) groups excluding carboxylic acids is 1. The summed E-state index contributed by atoms with van der Waals surface area (Å²) in [6.45, 7) is 3.41. The molecule has 0 saturated carbocycles. The van der Waals surface area contributed by atoms with Gasteiger partial charge in [-0.05, 0) is 24.1 Å². The number of amides is 1. The number of nitrogens with zero attached hydrogens (tertiary/aromatic N) is 1. The highest BCUT2D eigenvalue weighted by atomic mass is 16.1. The summed E-state index contributed by atoms with van der Waals surface area (Å²) in [4.78, 5) is 14.6. The molecule has 2 aromatic carbocycles. The molecule has 1 N–H and O–H groups in total. The second kappa shape index (κ2) is 7.23. The summed E-state index contributed by atoms with van der Waals surface area (Å²) in [6.07, 6.45) is 0.952. The van der Waals surface area contributed by atoms with Crippen LogP contribution in [0.4, 0.5) is 0 Å². The molecule has 0 aliphatic carbocycles. The Bertz CT molecular complexity index is 597. The Morgan fingerprint density at radius 3 is 2.32 bits per heavy atom. The topological polar surface area (TPSA) is 32.3 Å². The van der Waals surface area contributed by atoms with E-state index < -0.39 is 0 Å². The minimum Gasteiger partial charge on any atom is -0.352 e. The summed E-state index contributed by atoms with van der Waals surface area (Å²) in [5.74, 6) is 0.298. The number of rotatable bonds is 5. The molecule has 1 amide bonds. The van der Waals surface area contributed by atoms with Crippen molar-refractivity contribution >= 4 is 5.91 Å². The van der Waals surface area contributed by atoms with E-state index in [4.69, 9.17) is 0 Å². The number of nitrogens with one attached hydrogen (secondary N) is 1. The molecule has 1 aliphatic rings. The van der Waals surface area contributed by atoms with Gasteiger partial charge in [-0.3, -0.25) is 9.69 Å². The summed E-state index contributed by atoms with van der Waals surface area (Å²) < 4.78 is 0. The highest BCUT2D eigenvalue weighted by molar-refractivity contribution is 5.79. The standard InChI is InChI=1S/C19H22N2O/c22-19(20-13-16-7-3-1-4-8-16)18-11-12-21(15-18)14-17-9-5-2-6-10-17/h1-10,18H,11-15H2,(H,20,22). The molecule has 22 heavy (non-hydrogen) atoms. The molecule has 0 bridgehead atoms. The molecule has 0 aromatic heterocycles. The summed E-state index contributed by atoms with van der Waals surface area (Å²) in [6, 6.07) is 20.5. The van der Waals surface area contributed by atoms with Gasteiger partial charge in [0.1, 0.15) is 0 Å². The smallest absolute Gasteiger partial charge is 0.224 e. The van der Waals surface area contributed by atoms with E-state index in [1.165, 1.54) is 5.56 Å². The molecule has 1 heterocycles. The highest BCUT2D eigenvalue weighted by Gasteiger charge is 2.27. The second-order valence-electron chi connectivity index (χ2n) is 5.91. The third-order valence-corrected chi connectivity index (χ3v) is 4.20. The first-order chi connectivity index (χ1) is 10.8. The van der Waals surface area contributed by atoms with E-state index >= 15 is 0 Å². The quantitative estimate of drug-likeness (QED) is 0.919. The normalized spacial score (nSPS) is 18.3. The van der Waals surface area contributed by atoms with E-state index in [1.807, 2.05) is 36.4 Å². The molecule has 114 valence electrons. The third kappa shape index (κ3) is 3.95. The van der Waals surface area contributed by atoms with Crippen molar-refractivity contribution in [3.63, 3.8) is 0 Å². The fourth-order valence-corrected chi connectivity index (χ4v) is 2.96. The Morgan fingerprint density at radius 1 is 1.00 bits per heavy atom. The Balaban J connectivity index is 1.46. The lowest BCUT2D eigenvalue weighted by atomic mass is 10.1. The van der Waals surface area contributed by atoms with Crippen LogP contribution in [0.3, 0.4) is 0 Å². The van der Waals surface area contributed by atoms with Gasteiger partial charge in [0.05, 0.1) is 5.92 Å². The molecule has 3 heteroatoms. The van der Waals surface area contributed by atoms with Gasteiger partial charge in [0.25, 0.3) is 0 Å². The van der Waals surface area contributed by atoms with E-state index in [1.54, 1.807) is 0 Å². The highest BCUT2D eigenvalue weighted by Crippen LogP contribution is 2.19. The number of benzene rings is 2. The molecular formula is C19H22N2O. The monoisotopic (exact) mass is 294 g/mol. The van der Waals surface area contributed by atoms with E-state index in [-0.39, 0.29) is 11.8 Å². The van der Waals surface area contributed by atoms with E-state index in [0.29, 0.717) is 6.54 Å². The SMILES string of the molecule is O=C(NCc1ccccc1)C1CCN(Cc2ccccc2)C1. The largest absolute Gasteiger partial charge is 0.352 e. The zero-order chi connectivity index (χ0) is 15.2. The molecule has 3 rings (SSSR count). The fourth-order valence-electron chi connectivity index (χ4n) is 2.96. The van der Waals surface area contributed by atoms with Gasteiger partial charge in [-0.1, -0.05) is 60.7 Å². The number of carbonyl (C=O) groups is 1. The second-order valence-corrected chi connectivity index (χ2v) is 5.91. The predicted octanol–water partition coefficient (Wildman–Crippen LogP) is 2.82. The maximum atomic E-state index is 12.3. The Hall–Kier alpha value is -2.13. The Kier molecular flexibility index (Phi) is 4.86. The number of hydrogen-bond acceptors (Lipinski definition) is 2. The molecule has 1 atom stereocenters. The van der Waals surface area contributed by atoms with Gasteiger partial charge >= 0.3 is 0 Å². The van der Waals surface area contributed by atoms with Gasteiger partial charge in [0.2, 0.25) is 5.91 Å². The van der Waals surface area contributed by atoms with Gasteiger partial charge in [0, 0.05) is 19.6 Å². The zero-order valence-electron chi connectivity index (χ0n) is 12.7. The first-order valence-electron chi connectivity index (χ1n) is 7.89. The van der Waals surface area contributed by atoms with Crippen molar-refractivity contribution in [1.82, 2.24) is 10.2 Å². The van der Waals surface area contributed by atoms with Gasteiger partial charge in [-0.25, -0.2) is 0 Å². The van der Waals surface area contributed by atoms with Crippen molar-refractivity contribution in [3.8, 4) is 0 Å². The van der Waals surface area contributed by atoms with Crippen molar-refractivity contribution in [1.29, 1.82) is 0 Å². The van der Waals surface area contributed by atoms with Crippen molar-refractivity contribution in [2.24, 2.45) is 5.92 Å². The van der Waals surface area contributed by atoms with E-state index in [0.717, 1.165) is 31.6 Å². The van der Waals surface area contributed by atoms with E-state index in [9.17, 15) is 4.79 Å². The minimum absolute atomic E-state index is 0.118. The lowest BCUT2D eigenvalue weighted by molar-refractivity contribution is -0.124. The third-order valence-electron chi connectivity index (χ3n) is 4.20.